The third kappa shape index (κ3) is 2.63. The van der Waals surface area contributed by atoms with Crippen LogP contribution in [0.3, 0.4) is 0 Å². The summed E-state index contributed by atoms with van der Waals surface area (Å²) in [7, 11) is 0. The highest BCUT2D eigenvalue weighted by molar-refractivity contribution is 5.60. The fourth-order valence-corrected chi connectivity index (χ4v) is 2.06. The normalized spacial score (nSPS) is 11.8. The lowest BCUT2D eigenvalue weighted by molar-refractivity contribution is 0.357. The summed E-state index contributed by atoms with van der Waals surface area (Å²) in [6.45, 7) is 10.4. The lowest BCUT2D eigenvalue weighted by Crippen LogP contribution is -2.24. The van der Waals surface area contributed by atoms with E-state index in [1.165, 1.54) is 11.3 Å². The van der Waals surface area contributed by atoms with Crippen LogP contribution in [0.15, 0.2) is 36.4 Å². The predicted octanol–water partition coefficient (Wildman–Crippen LogP) is 4.07. The summed E-state index contributed by atoms with van der Waals surface area (Å²) < 4.78 is 2.12. The van der Waals surface area contributed by atoms with Crippen molar-refractivity contribution in [1.82, 2.24) is 9.78 Å². The minimum Gasteiger partial charge on any atom is -0.259 e. The van der Waals surface area contributed by atoms with Crippen LogP contribution in [0.5, 0.6) is 0 Å². The van der Waals surface area contributed by atoms with Crippen LogP contribution in [0.2, 0.25) is 0 Å². The van der Waals surface area contributed by atoms with Gasteiger partial charge in [0.05, 0.1) is 16.9 Å². The minimum absolute atomic E-state index is 0.00933. The Balaban J connectivity index is 2.51. The Bertz CT molecular complexity index is 504. The molecule has 2 aromatic rings. The van der Waals surface area contributed by atoms with E-state index in [0.29, 0.717) is 0 Å². The Morgan fingerprint density at radius 3 is 2.39 bits per heavy atom. The van der Waals surface area contributed by atoms with Gasteiger partial charge in [-0.05, 0) is 45.2 Å². The summed E-state index contributed by atoms with van der Waals surface area (Å²) in [5, 5.41) is 4.72. The fourth-order valence-electron chi connectivity index (χ4n) is 2.06. The average Bonchev–Trinajstić information content (AvgIpc) is 2.75. The van der Waals surface area contributed by atoms with Crippen LogP contribution in [0, 0.1) is 6.92 Å². The number of rotatable bonds is 3. The second-order valence-electron chi connectivity index (χ2n) is 5.57. The third-order valence-corrected chi connectivity index (χ3v) is 2.90. The molecule has 0 unspecified atom stereocenters. The van der Waals surface area contributed by atoms with E-state index in [-0.39, 0.29) is 5.54 Å². The van der Waals surface area contributed by atoms with Crippen LogP contribution in [0.1, 0.15) is 32.9 Å². The molecule has 0 saturated heterocycles. The largest absolute Gasteiger partial charge is 0.259 e. The molecule has 1 radical (unpaired) electrons. The van der Waals surface area contributed by atoms with Crippen molar-refractivity contribution in [2.24, 2.45) is 0 Å². The Labute approximate surface area is 110 Å². The molecule has 0 aliphatic heterocycles. The van der Waals surface area contributed by atoms with Crippen LogP contribution in [-0.4, -0.2) is 9.78 Å². The Kier molecular flexibility index (Phi) is 3.55. The zero-order valence-corrected chi connectivity index (χ0v) is 11.5. The molecule has 1 aromatic heterocycles. The number of aromatic nitrogens is 2. The van der Waals surface area contributed by atoms with E-state index in [1.54, 1.807) is 0 Å². The molecular weight excluding hydrogens is 220 g/mol. The van der Waals surface area contributed by atoms with Gasteiger partial charge in [0.1, 0.15) is 0 Å². The molecule has 2 heteroatoms. The number of benzene rings is 1. The van der Waals surface area contributed by atoms with Gasteiger partial charge in [-0.1, -0.05) is 37.3 Å². The van der Waals surface area contributed by atoms with Gasteiger partial charge in [0.15, 0.2) is 0 Å². The van der Waals surface area contributed by atoms with E-state index < -0.39 is 0 Å². The van der Waals surface area contributed by atoms with E-state index in [4.69, 9.17) is 5.10 Å². The van der Waals surface area contributed by atoms with Gasteiger partial charge in [-0.25, -0.2) is 0 Å². The summed E-state index contributed by atoms with van der Waals surface area (Å²) >= 11 is 0. The molecule has 0 saturated carbocycles. The number of hydrogen-bond donors (Lipinski definition) is 0. The monoisotopic (exact) mass is 241 g/mol. The number of nitrogens with zero attached hydrogens (tertiary/aromatic N) is 2. The van der Waals surface area contributed by atoms with Crippen molar-refractivity contribution in [3.8, 4) is 11.3 Å². The molecule has 2 nitrogen and oxygen atoms in total. The van der Waals surface area contributed by atoms with Crippen LogP contribution in [0.4, 0.5) is 0 Å². The Morgan fingerprint density at radius 1 is 1.17 bits per heavy atom. The van der Waals surface area contributed by atoms with Gasteiger partial charge in [-0.15, -0.1) is 0 Å². The van der Waals surface area contributed by atoms with Gasteiger partial charge in [-0.2, -0.15) is 5.10 Å². The summed E-state index contributed by atoms with van der Waals surface area (Å²) in [6, 6.07) is 12.6. The first-order valence-electron chi connectivity index (χ1n) is 6.46. The smallest absolute Gasteiger partial charge is 0.0691 e. The number of hydrogen-bond acceptors (Lipinski definition) is 1. The van der Waals surface area contributed by atoms with Crippen molar-refractivity contribution >= 4 is 0 Å². The summed E-state index contributed by atoms with van der Waals surface area (Å²) in [6.07, 6.45) is 1.82. The maximum atomic E-state index is 4.72. The highest BCUT2D eigenvalue weighted by Crippen LogP contribution is 2.26. The molecule has 0 amide bonds. The number of aryl methyl sites for hydroxylation is 1. The molecule has 1 heterocycles. The molecule has 0 atom stereocenters. The molecule has 0 spiro atoms. The van der Waals surface area contributed by atoms with E-state index in [1.807, 2.05) is 6.07 Å². The summed E-state index contributed by atoms with van der Waals surface area (Å²) in [4.78, 5) is 0. The maximum absolute atomic E-state index is 4.72. The topological polar surface area (TPSA) is 17.8 Å². The molecule has 95 valence electrons. The van der Waals surface area contributed by atoms with Gasteiger partial charge in [0, 0.05) is 0 Å². The summed E-state index contributed by atoms with van der Waals surface area (Å²) in [5.41, 5.74) is 3.52. The van der Waals surface area contributed by atoms with Gasteiger partial charge in [-0.3, -0.25) is 4.68 Å². The molecule has 0 bridgehead atoms. The molecular formula is C16H21N2. The van der Waals surface area contributed by atoms with Crippen LogP contribution in [-0.2, 0) is 12.0 Å². The van der Waals surface area contributed by atoms with Crippen molar-refractivity contribution in [2.75, 3.05) is 0 Å². The molecule has 0 fully saturated rings. The van der Waals surface area contributed by atoms with Crippen molar-refractivity contribution < 1.29 is 0 Å². The van der Waals surface area contributed by atoms with E-state index >= 15 is 0 Å². The van der Waals surface area contributed by atoms with Crippen molar-refractivity contribution in [2.45, 2.75) is 39.2 Å². The highest BCUT2D eigenvalue weighted by Gasteiger charge is 2.20. The Morgan fingerprint density at radius 2 is 1.83 bits per heavy atom. The average molecular weight is 241 g/mol. The third-order valence-electron chi connectivity index (χ3n) is 2.90. The van der Waals surface area contributed by atoms with Gasteiger partial charge >= 0.3 is 0 Å². The van der Waals surface area contributed by atoms with E-state index in [9.17, 15) is 0 Å². The van der Waals surface area contributed by atoms with E-state index in [2.05, 4.69) is 62.7 Å². The first kappa shape index (κ1) is 12.9. The Hall–Kier alpha value is -1.57. The van der Waals surface area contributed by atoms with Crippen molar-refractivity contribution in [1.29, 1.82) is 0 Å². The minimum atomic E-state index is -0.00933. The van der Waals surface area contributed by atoms with Gasteiger partial charge in [0.25, 0.3) is 0 Å². The van der Waals surface area contributed by atoms with Crippen molar-refractivity contribution in [3.05, 3.63) is 49.0 Å². The molecule has 0 N–H and O–H groups in total. The van der Waals surface area contributed by atoms with Crippen molar-refractivity contribution in [3.63, 3.8) is 0 Å². The predicted molar refractivity (Wildman–Crippen MR) is 76.3 cm³/mol. The van der Waals surface area contributed by atoms with E-state index in [0.717, 1.165) is 18.5 Å². The van der Waals surface area contributed by atoms with Crippen LogP contribution in [0.25, 0.3) is 11.3 Å². The fraction of sp³-hybridized carbons (Fsp3) is 0.375. The lowest BCUT2D eigenvalue weighted by Gasteiger charge is -2.22. The molecule has 0 aliphatic rings. The van der Waals surface area contributed by atoms with Crippen LogP contribution >= 0.6 is 0 Å². The second-order valence-corrected chi connectivity index (χ2v) is 5.57. The van der Waals surface area contributed by atoms with Crippen LogP contribution < -0.4 is 0 Å². The highest BCUT2D eigenvalue weighted by atomic mass is 15.3. The standard InChI is InChI=1S/C16H21N2/c1-5-9-14-12-15(13-10-7-6-8-11-13)18(17-14)16(2,3)4/h6-8,10-12H,1,5,9H2,2-4H3. The molecule has 18 heavy (non-hydrogen) atoms. The first-order valence-corrected chi connectivity index (χ1v) is 6.46. The quantitative estimate of drug-likeness (QED) is 0.792. The second kappa shape index (κ2) is 4.97. The lowest BCUT2D eigenvalue weighted by atomic mass is 10.1. The zero-order valence-electron chi connectivity index (χ0n) is 11.5. The molecule has 0 aliphatic carbocycles. The first-order chi connectivity index (χ1) is 8.52. The van der Waals surface area contributed by atoms with Gasteiger partial charge < -0.3 is 0 Å². The zero-order chi connectivity index (χ0) is 13.2. The summed E-state index contributed by atoms with van der Waals surface area (Å²) in [5.74, 6) is 0. The SMILES string of the molecule is [CH2]CCc1cc(-c2ccccc2)n(C(C)(C)C)n1. The molecule has 2 rings (SSSR count). The van der Waals surface area contributed by atoms with Gasteiger partial charge in [0.2, 0.25) is 0 Å². The maximum Gasteiger partial charge on any atom is 0.0691 e. The molecule has 1 aromatic carbocycles.